The van der Waals surface area contributed by atoms with Crippen LogP contribution in [-0.2, 0) is 14.4 Å². The molecule has 1 aromatic carbocycles. The summed E-state index contributed by atoms with van der Waals surface area (Å²) in [6.45, 7) is 0.0994. The maximum absolute atomic E-state index is 12.6. The second kappa shape index (κ2) is 6.72. The standard InChI is InChI=1S/C20H22N2O5/c1-26-13-5-6-15(27-2)14(10-13)21-16(23)7-8-22-19(24)17-11-3-4-12(9-11)18(17)20(22)25/h3-6,10-12,17-18H,7-9H2,1-2H3,(H,21,23). The summed E-state index contributed by atoms with van der Waals surface area (Å²) in [6.07, 6.45) is 5.06. The number of allylic oxidation sites excluding steroid dienone is 2. The van der Waals surface area contributed by atoms with Crippen molar-refractivity contribution in [1.82, 2.24) is 4.90 Å². The Kier molecular flexibility index (Phi) is 4.37. The van der Waals surface area contributed by atoms with Gasteiger partial charge in [-0.1, -0.05) is 12.2 Å². The minimum atomic E-state index is -0.291. The first-order chi connectivity index (χ1) is 13.0. The van der Waals surface area contributed by atoms with Crippen molar-refractivity contribution >= 4 is 23.4 Å². The van der Waals surface area contributed by atoms with Crippen LogP contribution in [0.2, 0.25) is 0 Å². The van der Waals surface area contributed by atoms with Crippen molar-refractivity contribution in [3.63, 3.8) is 0 Å². The van der Waals surface area contributed by atoms with Gasteiger partial charge in [0.05, 0.1) is 31.7 Å². The highest BCUT2D eigenvalue weighted by atomic mass is 16.5. The van der Waals surface area contributed by atoms with E-state index in [1.165, 1.54) is 19.1 Å². The van der Waals surface area contributed by atoms with Crippen molar-refractivity contribution in [2.45, 2.75) is 12.8 Å². The molecule has 1 saturated heterocycles. The Labute approximate surface area is 157 Å². The fourth-order valence-electron chi connectivity index (χ4n) is 4.52. The van der Waals surface area contributed by atoms with Crippen molar-refractivity contribution < 1.29 is 23.9 Å². The molecule has 1 aromatic rings. The number of rotatable bonds is 6. The predicted molar refractivity (Wildman–Crippen MR) is 97.2 cm³/mol. The largest absolute Gasteiger partial charge is 0.497 e. The van der Waals surface area contributed by atoms with Gasteiger partial charge in [0.1, 0.15) is 11.5 Å². The lowest BCUT2D eigenvalue weighted by Crippen LogP contribution is -2.35. The summed E-state index contributed by atoms with van der Waals surface area (Å²) < 4.78 is 10.4. The van der Waals surface area contributed by atoms with Crippen LogP contribution >= 0.6 is 0 Å². The minimum absolute atomic E-state index is 0.0417. The summed E-state index contributed by atoms with van der Waals surface area (Å²) in [6, 6.07) is 5.10. The summed E-state index contributed by atoms with van der Waals surface area (Å²) in [4.78, 5) is 38.9. The average molecular weight is 370 g/mol. The maximum Gasteiger partial charge on any atom is 0.233 e. The number of methoxy groups -OCH3 is 2. The third-order valence-electron chi connectivity index (χ3n) is 5.80. The Morgan fingerprint density at radius 3 is 2.37 bits per heavy atom. The van der Waals surface area contributed by atoms with Gasteiger partial charge in [-0.05, 0) is 30.4 Å². The van der Waals surface area contributed by atoms with E-state index in [1.807, 2.05) is 0 Å². The number of hydrogen-bond acceptors (Lipinski definition) is 5. The topological polar surface area (TPSA) is 84.9 Å². The molecule has 7 heteroatoms. The van der Waals surface area contributed by atoms with E-state index in [2.05, 4.69) is 17.5 Å². The van der Waals surface area contributed by atoms with Crippen LogP contribution < -0.4 is 14.8 Å². The van der Waals surface area contributed by atoms with E-state index in [0.29, 0.717) is 17.2 Å². The molecule has 4 atom stereocenters. The Morgan fingerprint density at radius 2 is 1.78 bits per heavy atom. The molecule has 4 unspecified atom stereocenters. The molecule has 2 fully saturated rings. The number of benzene rings is 1. The smallest absolute Gasteiger partial charge is 0.233 e. The molecule has 1 heterocycles. The molecule has 1 aliphatic heterocycles. The van der Waals surface area contributed by atoms with Crippen molar-refractivity contribution in [2.75, 3.05) is 26.1 Å². The Bertz CT molecular complexity index is 804. The van der Waals surface area contributed by atoms with Crippen LogP contribution in [0.15, 0.2) is 30.4 Å². The Morgan fingerprint density at radius 1 is 1.11 bits per heavy atom. The SMILES string of the molecule is COc1ccc(OC)c(NC(=O)CCN2C(=O)C3C4C=CC(C4)C3C2=O)c1. The van der Waals surface area contributed by atoms with Crippen LogP contribution in [0.3, 0.4) is 0 Å². The fourth-order valence-corrected chi connectivity index (χ4v) is 4.52. The number of hydrogen-bond donors (Lipinski definition) is 1. The van der Waals surface area contributed by atoms with Gasteiger partial charge in [0.15, 0.2) is 0 Å². The number of ether oxygens (including phenoxy) is 2. The highest BCUT2D eigenvalue weighted by molar-refractivity contribution is 6.06. The fraction of sp³-hybridized carbons (Fsp3) is 0.450. The Hall–Kier alpha value is -2.83. The van der Waals surface area contributed by atoms with Crippen LogP contribution in [0.4, 0.5) is 5.69 Å². The molecule has 0 radical (unpaired) electrons. The summed E-state index contributed by atoms with van der Waals surface area (Å²) in [7, 11) is 3.05. The molecule has 1 saturated carbocycles. The zero-order valence-electron chi connectivity index (χ0n) is 15.3. The second-order valence-corrected chi connectivity index (χ2v) is 7.19. The molecule has 3 aliphatic rings. The predicted octanol–water partition coefficient (Wildman–Crippen LogP) is 1.84. The zero-order chi connectivity index (χ0) is 19.1. The number of nitrogens with zero attached hydrogens (tertiary/aromatic N) is 1. The molecule has 7 nitrogen and oxygen atoms in total. The van der Waals surface area contributed by atoms with Gasteiger partial charge < -0.3 is 14.8 Å². The van der Waals surface area contributed by atoms with E-state index in [1.54, 1.807) is 18.2 Å². The van der Waals surface area contributed by atoms with E-state index >= 15 is 0 Å². The van der Waals surface area contributed by atoms with Gasteiger partial charge in [-0.3, -0.25) is 19.3 Å². The lowest BCUT2D eigenvalue weighted by atomic mass is 9.85. The first-order valence-corrected chi connectivity index (χ1v) is 9.09. The van der Waals surface area contributed by atoms with E-state index in [-0.39, 0.29) is 54.4 Å². The third kappa shape index (κ3) is 2.87. The van der Waals surface area contributed by atoms with Gasteiger partial charge >= 0.3 is 0 Å². The maximum atomic E-state index is 12.6. The van der Waals surface area contributed by atoms with Crippen LogP contribution in [-0.4, -0.2) is 43.4 Å². The van der Waals surface area contributed by atoms with Gasteiger partial charge in [-0.2, -0.15) is 0 Å². The highest BCUT2D eigenvalue weighted by Crippen LogP contribution is 2.52. The molecule has 142 valence electrons. The van der Waals surface area contributed by atoms with Gasteiger partial charge in [-0.15, -0.1) is 0 Å². The summed E-state index contributed by atoms with van der Waals surface area (Å²) in [5, 5.41) is 2.76. The molecule has 2 bridgehead atoms. The van der Waals surface area contributed by atoms with Gasteiger partial charge in [0.2, 0.25) is 17.7 Å². The van der Waals surface area contributed by atoms with Crippen molar-refractivity contribution in [2.24, 2.45) is 23.7 Å². The molecule has 27 heavy (non-hydrogen) atoms. The monoisotopic (exact) mass is 370 g/mol. The van der Waals surface area contributed by atoms with Gasteiger partial charge in [0.25, 0.3) is 0 Å². The van der Waals surface area contributed by atoms with Crippen molar-refractivity contribution in [1.29, 1.82) is 0 Å². The van der Waals surface area contributed by atoms with Crippen LogP contribution in [0.25, 0.3) is 0 Å². The zero-order valence-corrected chi connectivity index (χ0v) is 15.3. The first kappa shape index (κ1) is 17.6. The first-order valence-electron chi connectivity index (χ1n) is 9.09. The van der Waals surface area contributed by atoms with Crippen LogP contribution in [0.5, 0.6) is 11.5 Å². The molecule has 4 rings (SSSR count). The molecular weight excluding hydrogens is 348 g/mol. The number of imide groups is 1. The Balaban J connectivity index is 1.39. The number of amides is 3. The van der Waals surface area contributed by atoms with Crippen LogP contribution in [0, 0.1) is 23.7 Å². The average Bonchev–Trinajstić information content (AvgIpc) is 3.34. The number of anilines is 1. The van der Waals surface area contributed by atoms with Crippen LogP contribution in [0.1, 0.15) is 12.8 Å². The lowest BCUT2D eigenvalue weighted by molar-refractivity contribution is -0.140. The number of carbonyl (C=O) groups is 3. The minimum Gasteiger partial charge on any atom is -0.497 e. The number of fused-ring (bicyclic) bond motifs is 5. The quantitative estimate of drug-likeness (QED) is 0.610. The number of likely N-dealkylation sites (tertiary alicyclic amines) is 1. The number of nitrogens with one attached hydrogen (secondary N) is 1. The van der Waals surface area contributed by atoms with Gasteiger partial charge in [-0.25, -0.2) is 0 Å². The van der Waals surface area contributed by atoms with E-state index in [0.717, 1.165) is 6.42 Å². The molecule has 3 amide bonds. The molecule has 2 aliphatic carbocycles. The highest BCUT2D eigenvalue weighted by Gasteiger charge is 2.58. The van der Waals surface area contributed by atoms with E-state index in [4.69, 9.17) is 9.47 Å². The molecule has 0 aromatic heterocycles. The second-order valence-electron chi connectivity index (χ2n) is 7.19. The normalized spacial score (nSPS) is 27.9. The lowest BCUT2D eigenvalue weighted by Gasteiger charge is -2.17. The van der Waals surface area contributed by atoms with E-state index < -0.39 is 0 Å². The molecule has 0 spiro atoms. The third-order valence-corrected chi connectivity index (χ3v) is 5.80. The van der Waals surface area contributed by atoms with Crippen molar-refractivity contribution in [3.8, 4) is 11.5 Å². The molecule has 1 N–H and O–H groups in total. The summed E-state index contributed by atoms with van der Waals surface area (Å²) >= 11 is 0. The summed E-state index contributed by atoms with van der Waals surface area (Å²) in [5.74, 6) is 0.444. The van der Waals surface area contributed by atoms with Crippen molar-refractivity contribution in [3.05, 3.63) is 30.4 Å². The number of carbonyl (C=O) groups excluding carboxylic acids is 3. The summed E-state index contributed by atoms with van der Waals surface area (Å²) in [5.41, 5.74) is 0.486. The molecular formula is C20H22N2O5. The van der Waals surface area contributed by atoms with E-state index in [9.17, 15) is 14.4 Å². The van der Waals surface area contributed by atoms with Gasteiger partial charge in [0, 0.05) is 19.0 Å².